The normalized spacial score (nSPS) is 21.8. The zero-order valence-electron chi connectivity index (χ0n) is 22.6. The Kier molecular flexibility index (Phi) is 11.0. The molecule has 2 heterocycles. The van der Waals surface area contributed by atoms with Gasteiger partial charge in [-0.25, -0.2) is 4.79 Å². The Morgan fingerprint density at radius 1 is 0.842 bits per heavy atom. The number of likely N-dealkylation sites (tertiary alicyclic amines) is 2. The molecule has 214 valence electrons. The smallest absolute Gasteiger partial charge is 0.326 e. The van der Waals surface area contributed by atoms with Crippen LogP contribution in [0.1, 0.15) is 66.2 Å². The van der Waals surface area contributed by atoms with Gasteiger partial charge in [0, 0.05) is 19.5 Å². The van der Waals surface area contributed by atoms with Crippen LogP contribution in [0.4, 0.5) is 0 Å². The van der Waals surface area contributed by atoms with Crippen molar-refractivity contribution in [2.24, 2.45) is 23.3 Å². The summed E-state index contributed by atoms with van der Waals surface area (Å²) in [4.78, 5) is 78.0. The predicted octanol–water partition coefficient (Wildman–Crippen LogP) is -1.07. The molecule has 0 radical (unpaired) electrons. The molecule has 0 unspecified atom stereocenters. The van der Waals surface area contributed by atoms with Gasteiger partial charge in [0.15, 0.2) is 0 Å². The molecule has 2 rings (SSSR count). The van der Waals surface area contributed by atoms with Crippen molar-refractivity contribution in [1.82, 2.24) is 20.4 Å². The molecule has 0 aromatic rings. The molecule has 2 aliphatic rings. The SMILES string of the molecule is CC(C)[C@H](N)C(=O)N1CCC[C@H]1C(=O)N[C@H](C(=O)N1CCC[C@H]1C(=O)N[C@@H](CCC(N)=O)C(=O)O)C(C)C. The number of rotatable bonds is 12. The number of nitrogens with one attached hydrogen (secondary N) is 2. The highest BCUT2D eigenvalue weighted by molar-refractivity contribution is 5.96. The Bertz CT molecular complexity index is 924. The maximum absolute atomic E-state index is 13.6. The number of hydrogen-bond donors (Lipinski definition) is 5. The maximum atomic E-state index is 13.6. The van der Waals surface area contributed by atoms with E-state index in [4.69, 9.17) is 11.5 Å². The van der Waals surface area contributed by atoms with Crippen molar-refractivity contribution in [3.05, 3.63) is 0 Å². The summed E-state index contributed by atoms with van der Waals surface area (Å²) in [6.45, 7) is 7.88. The highest BCUT2D eigenvalue weighted by atomic mass is 16.4. The van der Waals surface area contributed by atoms with Gasteiger partial charge in [0.1, 0.15) is 24.2 Å². The van der Waals surface area contributed by atoms with Crippen LogP contribution in [0, 0.1) is 11.8 Å². The minimum Gasteiger partial charge on any atom is -0.480 e. The van der Waals surface area contributed by atoms with Crippen molar-refractivity contribution in [2.75, 3.05) is 13.1 Å². The van der Waals surface area contributed by atoms with Gasteiger partial charge in [0.2, 0.25) is 29.5 Å². The summed E-state index contributed by atoms with van der Waals surface area (Å²) in [5.74, 6) is -4.25. The van der Waals surface area contributed by atoms with E-state index in [1.807, 2.05) is 13.8 Å². The number of amides is 5. The molecule has 0 saturated carbocycles. The van der Waals surface area contributed by atoms with Gasteiger partial charge >= 0.3 is 5.97 Å². The predicted molar refractivity (Wildman–Crippen MR) is 137 cm³/mol. The number of carboxylic acid groups (broad SMARTS) is 1. The molecule has 0 aromatic heterocycles. The van der Waals surface area contributed by atoms with Crippen molar-refractivity contribution in [2.45, 2.75) is 96.4 Å². The van der Waals surface area contributed by atoms with Gasteiger partial charge < -0.3 is 37.0 Å². The van der Waals surface area contributed by atoms with Gasteiger partial charge in [-0.3, -0.25) is 24.0 Å². The van der Waals surface area contributed by atoms with E-state index in [1.54, 1.807) is 13.8 Å². The first-order valence-corrected chi connectivity index (χ1v) is 13.2. The first kappa shape index (κ1) is 31.0. The number of carboxylic acids is 1. The van der Waals surface area contributed by atoms with Crippen molar-refractivity contribution >= 4 is 35.5 Å². The molecular weight excluding hydrogens is 496 g/mol. The number of primary amides is 1. The fraction of sp³-hybridized carbons (Fsp3) is 0.760. The molecule has 0 aromatic carbocycles. The largest absolute Gasteiger partial charge is 0.480 e. The van der Waals surface area contributed by atoms with Crippen LogP contribution in [-0.4, -0.2) is 93.7 Å². The van der Waals surface area contributed by atoms with E-state index in [1.165, 1.54) is 9.80 Å². The van der Waals surface area contributed by atoms with Gasteiger partial charge in [-0.05, 0) is 43.9 Å². The summed E-state index contributed by atoms with van der Waals surface area (Å²) in [7, 11) is 0. The number of carbonyl (C=O) groups excluding carboxylic acids is 5. The van der Waals surface area contributed by atoms with E-state index >= 15 is 0 Å². The topological polar surface area (TPSA) is 205 Å². The van der Waals surface area contributed by atoms with E-state index in [-0.39, 0.29) is 37.1 Å². The molecule has 7 N–H and O–H groups in total. The second kappa shape index (κ2) is 13.5. The molecular formula is C25H42N6O7. The Morgan fingerprint density at radius 3 is 1.79 bits per heavy atom. The average molecular weight is 539 g/mol. The molecule has 0 bridgehead atoms. The third-order valence-corrected chi connectivity index (χ3v) is 7.20. The standard InChI is InChI=1S/C25H42N6O7/c1-13(2)19(27)23(35)30-11-5-8-17(30)22(34)29-20(14(3)4)24(36)31-12-6-7-16(31)21(33)28-15(25(37)38)9-10-18(26)32/h13-17,19-20H,5-12,27H2,1-4H3,(H2,26,32)(H,28,33)(H,29,34)(H,37,38)/t15-,16-,17-,19-,20-/m0/s1. The van der Waals surface area contributed by atoms with E-state index in [9.17, 15) is 33.9 Å². The lowest BCUT2D eigenvalue weighted by atomic mass is 10.0. The van der Waals surface area contributed by atoms with Crippen LogP contribution in [-0.2, 0) is 28.8 Å². The van der Waals surface area contributed by atoms with Gasteiger partial charge in [-0.15, -0.1) is 0 Å². The molecule has 2 fully saturated rings. The van der Waals surface area contributed by atoms with E-state index < -0.39 is 59.8 Å². The molecule has 5 atom stereocenters. The number of nitrogens with two attached hydrogens (primary N) is 2. The molecule has 13 heteroatoms. The summed E-state index contributed by atoms with van der Waals surface area (Å²) in [5, 5.41) is 14.6. The lowest BCUT2D eigenvalue weighted by Crippen LogP contribution is -2.59. The van der Waals surface area contributed by atoms with Crippen LogP contribution < -0.4 is 22.1 Å². The second-order valence-corrected chi connectivity index (χ2v) is 10.8. The van der Waals surface area contributed by atoms with E-state index in [0.717, 1.165) is 0 Å². The molecule has 2 saturated heterocycles. The molecule has 0 aliphatic carbocycles. The Hall–Kier alpha value is -3.22. The van der Waals surface area contributed by atoms with Crippen LogP contribution in [0.5, 0.6) is 0 Å². The molecule has 13 nitrogen and oxygen atoms in total. The van der Waals surface area contributed by atoms with Gasteiger partial charge in [0.25, 0.3) is 0 Å². The second-order valence-electron chi connectivity index (χ2n) is 10.8. The Labute approximate surface area is 223 Å². The Balaban J connectivity index is 2.12. The highest BCUT2D eigenvalue weighted by Gasteiger charge is 2.42. The van der Waals surface area contributed by atoms with Crippen molar-refractivity contribution in [1.29, 1.82) is 0 Å². The maximum Gasteiger partial charge on any atom is 0.326 e. The van der Waals surface area contributed by atoms with Gasteiger partial charge in [0.05, 0.1) is 6.04 Å². The number of aliphatic carboxylic acids is 1. The summed E-state index contributed by atoms with van der Waals surface area (Å²) in [6.07, 6.45) is 1.57. The summed E-state index contributed by atoms with van der Waals surface area (Å²) in [6, 6.07) is -4.65. The van der Waals surface area contributed by atoms with E-state index in [0.29, 0.717) is 32.2 Å². The third kappa shape index (κ3) is 7.65. The first-order chi connectivity index (χ1) is 17.8. The van der Waals surface area contributed by atoms with Crippen molar-refractivity contribution < 1.29 is 33.9 Å². The molecule has 5 amide bonds. The molecule has 2 aliphatic heterocycles. The minimum atomic E-state index is -1.32. The number of hydrogen-bond acceptors (Lipinski definition) is 7. The minimum absolute atomic E-state index is 0.0911. The number of carbonyl (C=O) groups is 6. The molecule has 0 spiro atoms. The van der Waals surface area contributed by atoms with Crippen LogP contribution in [0.15, 0.2) is 0 Å². The third-order valence-electron chi connectivity index (χ3n) is 7.20. The average Bonchev–Trinajstić information content (AvgIpc) is 3.53. The van der Waals surface area contributed by atoms with Gasteiger partial charge in [-0.2, -0.15) is 0 Å². The van der Waals surface area contributed by atoms with Crippen LogP contribution in [0.3, 0.4) is 0 Å². The van der Waals surface area contributed by atoms with Gasteiger partial charge in [-0.1, -0.05) is 27.7 Å². The van der Waals surface area contributed by atoms with Crippen molar-refractivity contribution in [3.8, 4) is 0 Å². The lowest BCUT2D eigenvalue weighted by Gasteiger charge is -2.33. The van der Waals surface area contributed by atoms with Crippen LogP contribution in [0.25, 0.3) is 0 Å². The quantitative estimate of drug-likeness (QED) is 0.206. The first-order valence-electron chi connectivity index (χ1n) is 13.2. The monoisotopic (exact) mass is 538 g/mol. The zero-order chi connectivity index (χ0) is 28.7. The summed E-state index contributed by atoms with van der Waals surface area (Å²) >= 11 is 0. The zero-order valence-corrected chi connectivity index (χ0v) is 22.6. The Morgan fingerprint density at radius 2 is 1.34 bits per heavy atom. The summed E-state index contributed by atoms with van der Waals surface area (Å²) < 4.78 is 0. The van der Waals surface area contributed by atoms with E-state index in [2.05, 4.69) is 10.6 Å². The molecule has 38 heavy (non-hydrogen) atoms. The fourth-order valence-corrected chi connectivity index (χ4v) is 4.84. The van der Waals surface area contributed by atoms with Crippen molar-refractivity contribution in [3.63, 3.8) is 0 Å². The van der Waals surface area contributed by atoms with Crippen LogP contribution in [0.2, 0.25) is 0 Å². The fourth-order valence-electron chi connectivity index (χ4n) is 4.84. The number of nitrogens with zero attached hydrogens (tertiary/aromatic N) is 2. The van der Waals surface area contributed by atoms with Crippen LogP contribution >= 0.6 is 0 Å². The highest BCUT2D eigenvalue weighted by Crippen LogP contribution is 2.23. The lowest BCUT2D eigenvalue weighted by molar-refractivity contribution is -0.146. The summed E-state index contributed by atoms with van der Waals surface area (Å²) in [5.41, 5.74) is 11.1.